The average Bonchev–Trinajstić information content (AvgIpc) is 3.04. The van der Waals surface area contributed by atoms with E-state index in [0.717, 1.165) is 12.1 Å². The molecule has 1 amide bonds. The highest BCUT2D eigenvalue weighted by atomic mass is 16.6. The van der Waals surface area contributed by atoms with Gasteiger partial charge in [-0.25, -0.2) is 4.79 Å². The summed E-state index contributed by atoms with van der Waals surface area (Å²) < 4.78 is 10.4. The molecule has 0 spiro atoms. The molecule has 2 rings (SSSR count). The Morgan fingerprint density at radius 1 is 1.40 bits per heavy atom. The van der Waals surface area contributed by atoms with Gasteiger partial charge in [-0.05, 0) is 6.92 Å². The Morgan fingerprint density at radius 2 is 2.08 bits per heavy atom. The Bertz CT molecular complexity index is 847. The third kappa shape index (κ3) is 3.46. The molecule has 0 saturated heterocycles. The lowest BCUT2D eigenvalue weighted by Crippen LogP contribution is -2.23. The van der Waals surface area contributed by atoms with E-state index in [1.807, 2.05) is 0 Å². The number of carboxylic acids is 1. The lowest BCUT2D eigenvalue weighted by molar-refractivity contribution is -0.384. The van der Waals surface area contributed by atoms with Crippen LogP contribution >= 0.6 is 0 Å². The Balaban J connectivity index is 2.75. The first-order chi connectivity index (χ1) is 11.8. The Labute approximate surface area is 139 Å². The number of methoxy groups -OCH3 is 1. The van der Waals surface area contributed by atoms with E-state index in [-0.39, 0.29) is 34.1 Å². The van der Waals surface area contributed by atoms with Crippen LogP contribution in [0.4, 0.5) is 5.69 Å². The number of nitrogens with zero attached hydrogens (tertiary/aromatic N) is 3. The van der Waals surface area contributed by atoms with Gasteiger partial charge < -0.3 is 20.3 Å². The van der Waals surface area contributed by atoms with Gasteiger partial charge in [-0.15, -0.1) is 0 Å². The standard InChI is InChI=1S/C13H13N5O7/c1-5(13(20)21)25-11-7(9-10(12(14)19)16-17-15-9)3-6(18(22)23)4-8(11)24-2/h3-5H,1-2H3,(H2,14,19)(H,20,21)(H,15,16,17). The molecule has 0 saturated carbocycles. The molecular weight excluding hydrogens is 338 g/mol. The molecular formula is C13H13N5O7. The molecule has 1 unspecified atom stereocenters. The summed E-state index contributed by atoms with van der Waals surface area (Å²) in [6.45, 7) is 1.25. The summed E-state index contributed by atoms with van der Waals surface area (Å²) in [5, 5.41) is 29.7. The number of ether oxygens (including phenoxy) is 2. The molecule has 0 fully saturated rings. The van der Waals surface area contributed by atoms with Crippen molar-refractivity contribution in [3.63, 3.8) is 0 Å². The van der Waals surface area contributed by atoms with Crippen LogP contribution in [-0.4, -0.2) is 50.5 Å². The summed E-state index contributed by atoms with van der Waals surface area (Å²) in [5.74, 6) is -2.48. The fourth-order valence-corrected chi connectivity index (χ4v) is 1.96. The highest BCUT2D eigenvalue weighted by Crippen LogP contribution is 2.42. The number of H-pyrrole nitrogens is 1. The number of non-ortho nitro benzene ring substituents is 1. The summed E-state index contributed by atoms with van der Waals surface area (Å²) in [7, 11) is 1.22. The summed E-state index contributed by atoms with van der Waals surface area (Å²) in [6, 6.07) is 2.11. The molecule has 1 atom stereocenters. The number of nitro benzene ring substituents is 1. The molecule has 12 nitrogen and oxygen atoms in total. The lowest BCUT2D eigenvalue weighted by Gasteiger charge is -2.16. The van der Waals surface area contributed by atoms with Crippen LogP contribution in [-0.2, 0) is 4.79 Å². The topological polar surface area (TPSA) is 184 Å². The summed E-state index contributed by atoms with van der Waals surface area (Å²) in [6.07, 6.45) is -1.31. The number of benzene rings is 1. The van der Waals surface area contributed by atoms with Crippen molar-refractivity contribution >= 4 is 17.6 Å². The highest BCUT2D eigenvalue weighted by molar-refractivity contribution is 5.98. The van der Waals surface area contributed by atoms with Crippen LogP contribution in [0.1, 0.15) is 17.4 Å². The molecule has 25 heavy (non-hydrogen) atoms. The molecule has 132 valence electrons. The van der Waals surface area contributed by atoms with Crippen LogP contribution in [0.3, 0.4) is 0 Å². The van der Waals surface area contributed by atoms with Crippen LogP contribution in [0.5, 0.6) is 11.5 Å². The summed E-state index contributed by atoms with van der Waals surface area (Å²) in [4.78, 5) is 33.0. The van der Waals surface area contributed by atoms with Crippen LogP contribution in [0.25, 0.3) is 11.3 Å². The van der Waals surface area contributed by atoms with E-state index in [4.69, 9.17) is 20.3 Å². The maximum absolute atomic E-state index is 11.5. The predicted molar refractivity (Wildman–Crippen MR) is 81.3 cm³/mol. The van der Waals surface area contributed by atoms with Gasteiger partial charge in [-0.1, -0.05) is 0 Å². The Hall–Kier alpha value is -3.70. The molecule has 0 radical (unpaired) electrons. The molecule has 0 aliphatic rings. The third-order valence-corrected chi connectivity index (χ3v) is 3.15. The number of carboxylic acid groups (broad SMARTS) is 1. The molecule has 2 aromatic rings. The van der Waals surface area contributed by atoms with Gasteiger partial charge in [0.15, 0.2) is 23.3 Å². The number of primary amides is 1. The number of hydrogen-bond donors (Lipinski definition) is 3. The number of carbonyl (C=O) groups is 2. The smallest absolute Gasteiger partial charge is 0.344 e. The van der Waals surface area contributed by atoms with Crippen LogP contribution in [0.15, 0.2) is 12.1 Å². The zero-order chi connectivity index (χ0) is 18.7. The first kappa shape index (κ1) is 17.7. The van der Waals surface area contributed by atoms with Crippen molar-refractivity contribution in [3.05, 3.63) is 27.9 Å². The molecule has 0 aliphatic heterocycles. The molecule has 0 aliphatic carbocycles. The second-order valence-corrected chi connectivity index (χ2v) is 4.77. The van der Waals surface area contributed by atoms with E-state index in [9.17, 15) is 19.7 Å². The van der Waals surface area contributed by atoms with Crippen LogP contribution in [0, 0.1) is 10.1 Å². The van der Waals surface area contributed by atoms with Crippen LogP contribution in [0.2, 0.25) is 0 Å². The minimum absolute atomic E-state index is 0.0679. The summed E-state index contributed by atoms with van der Waals surface area (Å²) in [5.41, 5.74) is 4.31. The van der Waals surface area contributed by atoms with E-state index in [1.165, 1.54) is 14.0 Å². The number of carbonyl (C=O) groups excluding carboxylic acids is 1. The first-order valence-corrected chi connectivity index (χ1v) is 6.73. The average molecular weight is 351 g/mol. The van der Waals surface area contributed by atoms with Crippen molar-refractivity contribution in [2.24, 2.45) is 5.73 Å². The SMILES string of the molecule is COc1cc([N+](=O)[O-])cc(-c2n[nH]nc2C(N)=O)c1OC(C)C(=O)O. The van der Waals surface area contributed by atoms with E-state index < -0.39 is 22.9 Å². The van der Waals surface area contributed by atoms with Gasteiger partial charge in [-0.2, -0.15) is 15.4 Å². The maximum Gasteiger partial charge on any atom is 0.344 e. The number of aromatic nitrogens is 3. The van der Waals surface area contributed by atoms with Crippen molar-refractivity contribution < 1.29 is 29.1 Å². The lowest BCUT2D eigenvalue weighted by atomic mass is 10.1. The van der Waals surface area contributed by atoms with Gasteiger partial charge in [0.2, 0.25) is 0 Å². The Morgan fingerprint density at radius 3 is 2.60 bits per heavy atom. The Kier molecular flexibility index (Phi) is 4.81. The molecule has 1 heterocycles. The number of aliphatic carboxylic acids is 1. The molecule has 1 aromatic heterocycles. The molecule has 1 aromatic carbocycles. The quantitative estimate of drug-likeness (QED) is 0.467. The minimum atomic E-state index is -1.31. The highest BCUT2D eigenvalue weighted by Gasteiger charge is 2.27. The number of hydrogen-bond acceptors (Lipinski definition) is 8. The van der Waals surface area contributed by atoms with Crippen molar-refractivity contribution in [2.75, 3.05) is 7.11 Å². The van der Waals surface area contributed by atoms with E-state index in [1.54, 1.807) is 0 Å². The van der Waals surface area contributed by atoms with Gasteiger partial charge in [0.25, 0.3) is 11.6 Å². The van der Waals surface area contributed by atoms with Gasteiger partial charge in [0.1, 0.15) is 5.69 Å². The molecule has 12 heteroatoms. The number of aromatic amines is 1. The van der Waals surface area contributed by atoms with E-state index >= 15 is 0 Å². The first-order valence-electron chi connectivity index (χ1n) is 6.73. The zero-order valence-electron chi connectivity index (χ0n) is 13.0. The third-order valence-electron chi connectivity index (χ3n) is 3.15. The normalized spacial score (nSPS) is 11.6. The van der Waals surface area contributed by atoms with Crippen molar-refractivity contribution in [2.45, 2.75) is 13.0 Å². The maximum atomic E-state index is 11.5. The van der Waals surface area contributed by atoms with Gasteiger partial charge in [0.05, 0.1) is 23.7 Å². The predicted octanol–water partition coefficient (Wildman–Crippen LogP) is 0.339. The number of nitrogens with one attached hydrogen (secondary N) is 1. The van der Waals surface area contributed by atoms with Crippen molar-refractivity contribution in [3.8, 4) is 22.8 Å². The fourth-order valence-electron chi connectivity index (χ4n) is 1.96. The minimum Gasteiger partial charge on any atom is -0.493 e. The van der Waals surface area contributed by atoms with E-state index in [0.29, 0.717) is 0 Å². The second kappa shape index (κ2) is 6.82. The number of nitro groups is 1. The largest absolute Gasteiger partial charge is 0.493 e. The molecule has 4 N–H and O–H groups in total. The van der Waals surface area contributed by atoms with Gasteiger partial charge in [-0.3, -0.25) is 14.9 Å². The second-order valence-electron chi connectivity index (χ2n) is 4.77. The molecule has 0 bridgehead atoms. The zero-order valence-corrected chi connectivity index (χ0v) is 13.0. The van der Waals surface area contributed by atoms with Gasteiger partial charge >= 0.3 is 5.97 Å². The van der Waals surface area contributed by atoms with E-state index in [2.05, 4.69) is 15.4 Å². The number of amides is 1. The van der Waals surface area contributed by atoms with Crippen molar-refractivity contribution in [1.82, 2.24) is 15.4 Å². The fraction of sp³-hybridized carbons (Fsp3) is 0.231. The summed E-state index contributed by atoms with van der Waals surface area (Å²) >= 11 is 0. The monoisotopic (exact) mass is 351 g/mol. The number of rotatable bonds is 7. The van der Waals surface area contributed by atoms with Gasteiger partial charge in [0, 0.05) is 6.07 Å². The number of nitrogens with two attached hydrogens (primary N) is 1. The van der Waals surface area contributed by atoms with Crippen molar-refractivity contribution in [1.29, 1.82) is 0 Å². The van der Waals surface area contributed by atoms with Crippen LogP contribution < -0.4 is 15.2 Å².